The van der Waals surface area contributed by atoms with E-state index >= 15 is 0 Å². The molecular formula is C21H21NO6S3. The van der Waals surface area contributed by atoms with Crippen LogP contribution in [-0.4, -0.2) is 35.2 Å². The van der Waals surface area contributed by atoms with Crippen molar-refractivity contribution >= 4 is 37.2 Å². The van der Waals surface area contributed by atoms with E-state index in [1.165, 1.54) is 47.7 Å². The molecule has 0 saturated heterocycles. The summed E-state index contributed by atoms with van der Waals surface area (Å²) in [5.74, 6) is -0.877. The Kier molecular flexibility index (Phi) is 7.60. The van der Waals surface area contributed by atoms with Crippen molar-refractivity contribution in [2.45, 2.75) is 22.8 Å². The summed E-state index contributed by atoms with van der Waals surface area (Å²) in [6.45, 7) is 0.0586. The second-order valence-electron chi connectivity index (χ2n) is 6.55. The predicted molar refractivity (Wildman–Crippen MR) is 118 cm³/mol. The first-order valence-corrected chi connectivity index (χ1v) is 13.4. The van der Waals surface area contributed by atoms with E-state index in [0.717, 1.165) is 4.88 Å². The molecule has 3 aromatic rings. The fraction of sp³-hybridized carbons (Fsp3) is 0.190. The summed E-state index contributed by atoms with van der Waals surface area (Å²) in [7, 11) is -7.25. The van der Waals surface area contributed by atoms with E-state index in [9.17, 15) is 21.6 Å². The number of ether oxygens (including phenoxy) is 1. The van der Waals surface area contributed by atoms with Crippen molar-refractivity contribution in [2.75, 3.05) is 12.4 Å². The molecule has 7 nitrogen and oxygen atoms in total. The van der Waals surface area contributed by atoms with Crippen molar-refractivity contribution in [2.24, 2.45) is 0 Å². The van der Waals surface area contributed by atoms with Crippen molar-refractivity contribution < 1.29 is 26.4 Å². The smallest absolute Gasteiger partial charge is 0.338 e. The average Bonchev–Trinajstić information content (AvgIpc) is 3.30. The summed E-state index contributed by atoms with van der Waals surface area (Å²) in [4.78, 5) is 13.3. The normalized spacial score (nSPS) is 11.9. The van der Waals surface area contributed by atoms with Crippen LogP contribution in [-0.2, 0) is 31.1 Å². The molecule has 0 bridgehead atoms. The summed E-state index contributed by atoms with van der Waals surface area (Å²) in [5, 5.41) is 1.85. The van der Waals surface area contributed by atoms with Crippen LogP contribution in [0.5, 0.6) is 0 Å². The largest absolute Gasteiger partial charge is 0.462 e. The van der Waals surface area contributed by atoms with Gasteiger partial charge in [0.1, 0.15) is 0 Å². The second kappa shape index (κ2) is 10.2. The van der Waals surface area contributed by atoms with Crippen LogP contribution >= 0.6 is 11.3 Å². The first kappa shape index (κ1) is 23.1. The first-order chi connectivity index (χ1) is 14.8. The van der Waals surface area contributed by atoms with Gasteiger partial charge >= 0.3 is 5.97 Å². The van der Waals surface area contributed by atoms with Crippen LogP contribution in [0.1, 0.15) is 21.7 Å². The lowest BCUT2D eigenvalue weighted by molar-refractivity contribution is 0.0505. The minimum Gasteiger partial charge on any atom is -0.462 e. The number of carbonyl (C=O) groups excluding carboxylic acids is 1. The molecule has 1 N–H and O–H groups in total. The van der Waals surface area contributed by atoms with Crippen LogP contribution in [0.15, 0.2) is 81.9 Å². The van der Waals surface area contributed by atoms with Gasteiger partial charge in [-0.25, -0.2) is 26.4 Å². The monoisotopic (exact) mass is 479 g/mol. The molecule has 0 aliphatic rings. The molecular weight excluding hydrogens is 458 g/mol. The third-order valence-corrected chi connectivity index (χ3v) is 8.38. The summed E-state index contributed by atoms with van der Waals surface area (Å²) in [6, 6.07) is 17.2. The van der Waals surface area contributed by atoms with Crippen LogP contribution in [0.2, 0.25) is 0 Å². The minimum absolute atomic E-state index is 0.0508. The highest BCUT2D eigenvalue weighted by Gasteiger charge is 2.18. The van der Waals surface area contributed by atoms with Crippen LogP contribution < -0.4 is 4.72 Å². The fourth-order valence-electron chi connectivity index (χ4n) is 2.70. The zero-order valence-electron chi connectivity index (χ0n) is 16.4. The fourth-order valence-corrected chi connectivity index (χ4v) is 5.79. The number of hydrogen-bond acceptors (Lipinski definition) is 7. The standard InChI is InChI=1S/C21H21NO6S3/c23-21(28-12-6-14-30(24,25)19-9-2-1-3-10-19)17-7-4-11-20(15-17)31(26,27)22-16-18-8-5-13-29-18/h1-5,7-11,13,15,22H,6,12,14,16H2. The molecule has 0 aliphatic heterocycles. The average molecular weight is 480 g/mol. The molecule has 0 amide bonds. The maximum Gasteiger partial charge on any atom is 0.338 e. The lowest BCUT2D eigenvalue weighted by atomic mass is 10.2. The number of nitrogens with one attached hydrogen (secondary N) is 1. The van der Waals surface area contributed by atoms with Gasteiger partial charge in [-0.05, 0) is 48.2 Å². The lowest BCUT2D eigenvalue weighted by Crippen LogP contribution is -2.23. The Labute approximate surface area is 185 Å². The summed E-state index contributed by atoms with van der Waals surface area (Å²) in [6.07, 6.45) is 0.128. The van der Waals surface area contributed by atoms with E-state index in [0.29, 0.717) is 0 Å². The third-order valence-electron chi connectivity index (χ3n) is 4.29. The number of sulfonamides is 1. The molecule has 0 radical (unpaired) electrons. The quantitative estimate of drug-likeness (QED) is 0.353. The van der Waals surface area contributed by atoms with Gasteiger partial charge < -0.3 is 4.74 Å². The van der Waals surface area contributed by atoms with Gasteiger partial charge in [0, 0.05) is 11.4 Å². The van der Waals surface area contributed by atoms with Crippen LogP contribution in [0.3, 0.4) is 0 Å². The van der Waals surface area contributed by atoms with Gasteiger partial charge in [0.25, 0.3) is 0 Å². The van der Waals surface area contributed by atoms with Gasteiger partial charge in [0.15, 0.2) is 9.84 Å². The second-order valence-corrected chi connectivity index (χ2v) is 11.5. The van der Waals surface area contributed by atoms with E-state index < -0.39 is 25.8 Å². The van der Waals surface area contributed by atoms with E-state index in [4.69, 9.17) is 4.74 Å². The van der Waals surface area contributed by atoms with Crippen molar-refractivity contribution in [1.82, 2.24) is 4.72 Å². The Balaban J connectivity index is 1.55. The van der Waals surface area contributed by atoms with Gasteiger partial charge in [-0.2, -0.15) is 0 Å². The van der Waals surface area contributed by atoms with Crippen LogP contribution in [0.4, 0.5) is 0 Å². The Morgan fingerprint density at radius 1 is 0.903 bits per heavy atom. The van der Waals surface area contributed by atoms with E-state index in [2.05, 4.69) is 4.72 Å². The minimum atomic E-state index is -3.80. The number of rotatable bonds is 10. The van der Waals surface area contributed by atoms with Crippen molar-refractivity contribution in [3.05, 3.63) is 82.6 Å². The van der Waals surface area contributed by atoms with Gasteiger partial charge in [-0.15, -0.1) is 11.3 Å². The van der Waals surface area contributed by atoms with Gasteiger partial charge in [-0.3, -0.25) is 0 Å². The van der Waals surface area contributed by atoms with Crippen molar-refractivity contribution in [1.29, 1.82) is 0 Å². The molecule has 0 fully saturated rings. The van der Waals surface area contributed by atoms with E-state index in [-0.39, 0.29) is 40.7 Å². The summed E-state index contributed by atoms with van der Waals surface area (Å²) < 4.78 is 57.1. The third kappa shape index (κ3) is 6.47. The molecule has 2 aromatic carbocycles. The Morgan fingerprint density at radius 2 is 1.65 bits per heavy atom. The Bertz CT molecular complexity index is 1220. The molecule has 0 saturated carbocycles. The number of benzene rings is 2. The van der Waals surface area contributed by atoms with Gasteiger partial charge in [0.05, 0.1) is 27.7 Å². The Morgan fingerprint density at radius 3 is 2.35 bits per heavy atom. The number of sulfone groups is 1. The van der Waals surface area contributed by atoms with Crippen LogP contribution in [0.25, 0.3) is 0 Å². The molecule has 0 unspecified atom stereocenters. The van der Waals surface area contributed by atoms with E-state index in [1.54, 1.807) is 18.2 Å². The summed E-state index contributed by atoms with van der Waals surface area (Å²) in [5.41, 5.74) is 0.0740. The highest BCUT2D eigenvalue weighted by molar-refractivity contribution is 7.91. The lowest BCUT2D eigenvalue weighted by Gasteiger charge is -2.09. The maximum absolute atomic E-state index is 12.5. The first-order valence-electron chi connectivity index (χ1n) is 9.35. The maximum atomic E-state index is 12.5. The molecule has 31 heavy (non-hydrogen) atoms. The molecule has 1 aromatic heterocycles. The number of carbonyl (C=O) groups is 1. The molecule has 1 heterocycles. The summed E-state index contributed by atoms with van der Waals surface area (Å²) >= 11 is 1.43. The number of esters is 1. The molecule has 10 heteroatoms. The number of hydrogen-bond donors (Lipinski definition) is 1. The molecule has 0 spiro atoms. The topological polar surface area (TPSA) is 107 Å². The van der Waals surface area contributed by atoms with Crippen molar-refractivity contribution in [3.8, 4) is 0 Å². The van der Waals surface area contributed by atoms with Crippen LogP contribution in [0, 0.1) is 0 Å². The molecule has 3 rings (SSSR count). The molecule has 0 aliphatic carbocycles. The van der Waals surface area contributed by atoms with Crippen molar-refractivity contribution in [3.63, 3.8) is 0 Å². The van der Waals surface area contributed by atoms with Gasteiger partial charge in [0.2, 0.25) is 10.0 Å². The van der Waals surface area contributed by atoms with E-state index in [1.807, 2.05) is 17.5 Å². The highest BCUT2D eigenvalue weighted by atomic mass is 32.2. The highest BCUT2D eigenvalue weighted by Crippen LogP contribution is 2.15. The molecule has 164 valence electrons. The number of thiophene rings is 1. The SMILES string of the molecule is O=C(OCCCS(=O)(=O)c1ccccc1)c1cccc(S(=O)(=O)NCc2cccs2)c1. The predicted octanol–water partition coefficient (Wildman–Crippen LogP) is 3.25. The zero-order chi connectivity index (χ0) is 22.3. The van der Waals surface area contributed by atoms with Gasteiger partial charge in [-0.1, -0.05) is 30.3 Å². The Hall–Kier alpha value is -2.53. The zero-order valence-corrected chi connectivity index (χ0v) is 18.9. The molecule has 0 atom stereocenters.